The Kier molecular flexibility index (Phi) is 5.10. The average Bonchev–Trinajstić information content (AvgIpc) is 3.36. The second kappa shape index (κ2) is 9.27. The molecule has 15 rings (SSSR count). The van der Waals surface area contributed by atoms with Crippen LogP contribution in [0, 0.1) is 29.1 Å². The number of rotatable bonds is 1. The predicted molar refractivity (Wildman–Crippen MR) is 208 cm³/mol. The first-order valence-electron chi connectivity index (χ1n) is 20.0. The second-order valence-corrected chi connectivity index (χ2v) is 18.0. The van der Waals surface area contributed by atoms with Crippen LogP contribution in [0.25, 0.3) is 70.8 Å². The highest BCUT2D eigenvalue weighted by molar-refractivity contribution is 6.37. The van der Waals surface area contributed by atoms with E-state index in [1.807, 2.05) is 0 Å². The zero-order chi connectivity index (χ0) is 33.5. The monoisotopic (exact) mass is 662 g/mol. The van der Waals surface area contributed by atoms with E-state index in [1.54, 1.807) is 11.1 Å². The summed E-state index contributed by atoms with van der Waals surface area (Å²) in [7, 11) is 0. The maximum absolute atomic E-state index is 10.9. The zero-order valence-corrected chi connectivity index (χ0v) is 29.6. The van der Waals surface area contributed by atoms with Crippen LogP contribution in [0.15, 0.2) is 65.1 Å². The van der Waals surface area contributed by atoms with Crippen molar-refractivity contribution in [3.05, 3.63) is 88.5 Å². The molecule has 0 spiro atoms. The van der Waals surface area contributed by atoms with Gasteiger partial charge >= 0.3 is 0 Å². The van der Waals surface area contributed by atoms with Crippen LogP contribution in [-0.4, -0.2) is 4.40 Å². The van der Waals surface area contributed by atoms with E-state index in [0.717, 1.165) is 28.6 Å². The molecule has 3 nitrogen and oxygen atoms in total. The Morgan fingerprint density at radius 1 is 0.725 bits per heavy atom. The Hall–Kier alpha value is -4.55. The highest BCUT2D eigenvalue weighted by Crippen LogP contribution is 2.62. The van der Waals surface area contributed by atoms with Crippen molar-refractivity contribution in [3.8, 4) is 6.07 Å². The number of hydrogen-bond donors (Lipinski definition) is 0. The third-order valence-corrected chi connectivity index (χ3v) is 15.7. The Labute approximate surface area is 297 Å². The minimum Gasteiger partial charge on any atom is -0.456 e. The van der Waals surface area contributed by atoms with Crippen LogP contribution in [0.1, 0.15) is 124 Å². The summed E-state index contributed by atoms with van der Waals surface area (Å²) < 4.78 is 9.76. The lowest BCUT2D eigenvalue weighted by Gasteiger charge is -2.43. The van der Waals surface area contributed by atoms with Gasteiger partial charge in [-0.15, -0.1) is 0 Å². The summed E-state index contributed by atoms with van der Waals surface area (Å²) in [5.41, 5.74) is 13.1. The molecule has 51 heavy (non-hydrogen) atoms. The standard InChI is InChI=1S/C48H42N2O/c1-24(2)48-14-5-8-28(13-15-48)39-31(23-49)21-36-42(46(39)48)34-22-38-43(33-9-3-6-27-7-4-10-37(51-38)40(27)33)45-44-35(50(36)47(34)45)12-11-32-29-17-25-16-26(18-29)20-30(19-25)41(32)44/h3-4,6-7,9-12,21-22,24-26,28-30H,5,8,13-20H2,1-2H3. The van der Waals surface area contributed by atoms with Crippen LogP contribution in [0.2, 0.25) is 0 Å². The highest BCUT2D eigenvalue weighted by atomic mass is 16.3. The van der Waals surface area contributed by atoms with Crippen molar-refractivity contribution < 1.29 is 4.42 Å². The third-order valence-electron chi connectivity index (χ3n) is 15.7. The molecule has 7 aliphatic carbocycles. The smallest absolute Gasteiger partial charge is 0.136 e. The van der Waals surface area contributed by atoms with Gasteiger partial charge in [0.05, 0.1) is 28.2 Å². The lowest BCUT2D eigenvalue weighted by atomic mass is 9.60. The molecule has 0 amide bonds. The summed E-state index contributed by atoms with van der Waals surface area (Å²) in [5.74, 6) is 3.99. The second-order valence-electron chi connectivity index (χ2n) is 18.0. The maximum atomic E-state index is 10.9. The van der Waals surface area contributed by atoms with Gasteiger partial charge in [0.25, 0.3) is 0 Å². The summed E-state index contributed by atoms with van der Waals surface area (Å²) in [6.07, 6.45) is 12.9. The van der Waals surface area contributed by atoms with E-state index in [-0.39, 0.29) is 5.41 Å². The molecule has 250 valence electrons. The molecule has 3 heterocycles. The van der Waals surface area contributed by atoms with Crippen molar-refractivity contribution in [3.63, 3.8) is 0 Å². The fraction of sp³-hybridized carbons (Fsp3) is 0.396. The quantitative estimate of drug-likeness (QED) is 0.130. The zero-order valence-electron chi connectivity index (χ0n) is 29.6. The molecule has 8 aromatic rings. The van der Waals surface area contributed by atoms with E-state index in [4.69, 9.17) is 4.42 Å². The first-order chi connectivity index (χ1) is 25.0. The van der Waals surface area contributed by atoms with Crippen LogP contribution in [0.3, 0.4) is 0 Å². The van der Waals surface area contributed by atoms with E-state index in [9.17, 15) is 5.26 Å². The Morgan fingerprint density at radius 3 is 2.37 bits per heavy atom. The van der Waals surface area contributed by atoms with Gasteiger partial charge in [-0.2, -0.15) is 5.26 Å². The number of hydrogen-bond acceptors (Lipinski definition) is 2. The molecule has 3 saturated carbocycles. The van der Waals surface area contributed by atoms with Crippen molar-refractivity contribution >= 4 is 70.8 Å². The van der Waals surface area contributed by atoms with Crippen LogP contribution in [0.5, 0.6) is 0 Å². The van der Waals surface area contributed by atoms with E-state index in [0.29, 0.717) is 23.7 Å². The summed E-state index contributed by atoms with van der Waals surface area (Å²) in [6, 6.07) is 26.0. The predicted octanol–water partition coefficient (Wildman–Crippen LogP) is 13.1. The van der Waals surface area contributed by atoms with Gasteiger partial charge in [0, 0.05) is 32.3 Å². The molecule has 3 fully saturated rings. The average molecular weight is 663 g/mol. The fourth-order valence-corrected chi connectivity index (χ4v) is 13.9. The Balaban J connectivity index is 1.32. The molecule has 0 N–H and O–H groups in total. The van der Waals surface area contributed by atoms with Crippen molar-refractivity contribution in [2.45, 2.75) is 101 Å². The minimum atomic E-state index is 0.0789. The Morgan fingerprint density at radius 2 is 1.55 bits per heavy atom. The molecule has 7 aliphatic rings. The first kappa shape index (κ1) is 28.1. The Bertz CT molecular complexity index is 2890. The van der Waals surface area contributed by atoms with Crippen LogP contribution in [0.4, 0.5) is 0 Å². The fourth-order valence-electron chi connectivity index (χ4n) is 13.9. The SMILES string of the molecule is CC(C)C12CCCC(CC1)c1c(C#N)cc3c(c12)c1cc2oc4cccc5cccc(c54)c2c2c4c5c(ccc4n3c12)C1CC2CC(C1)CC5C2. The molecular weight excluding hydrogens is 621 g/mol. The van der Waals surface area contributed by atoms with Crippen molar-refractivity contribution in [1.82, 2.24) is 4.40 Å². The van der Waals surface area contributed by atoms with Gasteiger partial charge < -0.3 is 8.82 Å². The summed E-state index contributed by atoms with van der Waals surface area (Å²) in [4.78, 5) is 0. The largest absolute Gasteiger partial charge is 0.456 e. The van der Waals surface area contributed by atoms with Gasteiger partial charge in [-0.1, -0.05) is 56.7 Å². The van der Waals surface area contributed by atoms with Crippen molar-refractivity contribution in [1.29, 1.82) is 5.26 Å². The van der Waals surface area contributed by atoms with Gasteiger partial charge in [0.15, 0.2) is 0 Å². The molecule has 6 bridgehead atoms. The first-order valence-corrected chi connectivity index (χ1v) is 20.0. The van der Waals surface area contributed by atoms with Gasteiger partial charge in [0.1, 0.15) is 11.2 Å². The van der Waals surface area contributed by atoms with E-state index < -0.39 is 0 Å². The molecular formula is C48H42N2O. The van der Waals surface area contributed by atoms with Gasteiger partial charge in [-0.05, 0) is 156 Å². The molecule has 4 unspecified atom stereocenters. The van der Waals surface area contributed by atoms with E-state index in [2.05, 4.69) is 85.0 Å². The minimum absolute atomic E-state index is 0.0789. The lowest BCUT2D eigenvalue weighted by Crippen LogP contribution is -2.36. The number of benzene rings is 5. The summed E-state index contributed by atoms with van der Waals surface area (Å²) in [5, 5.41) is 21.6. The molecule has 0 radical (unpaired) electrons. The number of aromatic nitrogens is 1. The van der Waals surface area contributed by atoms with Crippen molar-refractivity contribution in [2.24, 2.45) is 17.8 Å². The number of fused-ring (bicyclic) bond motifs is 12. The summed E-state index contributed by atoms with van der Waals surface area (Å²) in [6.45, 7) is 4.90. The van der Waals surface area contributed by atoms with E-state index >= 15 is 0 Å². The molecule has 3 aromatic heterocycles. The van der Waals surface area contributed by atoms with Crippen LogP contribution >= 0.6 is 0 Å². The van der Waals surface area contributed by atoms with Crippen molar-refractivity contribution in [2.75, 3.05) is 0 Å². The summed E-state index contributed by atoms with van der Waals surface area (Å²) >= 11 is 0. The molecule has 3 heteroatoms. The topological polar surface area (TPSA) is 41.3 Å². The molecule has 0 aliphatic heterocycles. The van der Waals surface area contributed by atoms with Gasteiger partial charge in [-0.3, -0.25) is 0 Å². The van der Waals surface area contributed by atoms with Gasteiger partial charge in [0.2, 0.25) is 0 Å². The normalized spacial score (nSPS) is 28.2. The molecule has 0 saturated heterocycles. The van der Waals surface area contributed by atoms with Crippen LogP contribution < -0.4 is 0 Å². The van der Waals surface area contributed by atoms with E-state index in [1.165, 1.54) is 135 Å². The molecule has 4 atom stereocenters. The molecule has 5 aromatic carbocycles. The number of nitrogens with zero attached hydrogens (tertiary/aromatic N) is 2. The maximum Gasteiger partial charge on any atom is 0.136 e. The number of nitriles is 1. The lowest BCUT2D eigenvalue weighted by molar-refractivity contribution is 0.166. The highest BCUT2D eigenvalue weighted by Gasteiger charge is 2.48. The van der Waals surface area contributed by atoms with Crippen LogP contribution in [-0.2, 0) is 5.41 Å². The van der Waals surface area contributed by atoms with Gasteiger partial charge in [-0.25, -0.2) is 0 Å². The third kappa shape index (κ3) is 3.21.